The summed E-state index contributed by atoms with van der Waals surface area (Å²) in [5, 5.41) is 10.5. The van der Waals surface area contributed by atoms with Crippen LogP contribution in [0.2, 0.25) is 5.02 Å². The minimum Gasteiger partial charge on any atom is -0.324 e. The van der Waals surface area contributed by atoms with E-state index in [-0.39, 0.29) is 4.90 Å². The van der Waals surface area contributed by atoms with Crippen LogP contribution >= 0.6 is 11.6 Å². The summed E-state index contributed by atoms with van der Waals surface area (Å²) < 4.78 is 29.6. The summed E-state index contributed by atoms with van der Waals surface area (Å²) in [5.41, 5.74) is 0.627. The maximum atomic E-state index is 13.1. The number of nitrogens with zero attached hydrogens (tertiary/aromatic N) is 5. The van der Waals surface area contributed by atoms with Crippen LogP contribution in [0.3, 0.4) is 0 Å². The number of sulfonamides is 1. The Kier molecular flexibility index (Phi) is 6.63. The van der Waals surface area contributed by atoms with E-state index < -0.39 is 28.2 Å². The van der Waals surface area contributed by atoms with Crippen LogP contribution < -0.4 is 11.0 Å². The van der Waals surface area contributed by atoms with Crippen LogP contribution in [0.1, 0.15) is 24.8 Å². The smallest absolute Gasteiger partial charge is 0.324 e. The first kappa shape index (κ1) is 23.1. The van der Waals surface area contributed by atoms with Crippen molar-refractivity contribution in [3.05, 3.63) is 63.5 Å². The standard InChI is InChI=1S/C21H23ClN6O4S/c1-15-9-10-16(13-19(15)33(31,32)26-11-5-2-6-12-26)23-20(29)14-27-21(30)28(25-24-27)18-8-4-3-7-17(18)22/h3-4,7-10,13H,2,5-6,11-12,14H2,1H3,(H,23,29). The fourth-order valence-corrected chi connectivity index (χ4v) is 5.67. The third-order valence-electron chi connectivity index (χ3n) is 5.42. The van der Waals surface area contributed by atoms with E-state index in [2.05, 4.69) is 15.7 Å². The summed E-state index contributed by atoms with van der Waals surface area (Å²) in [5.74, 6) is -0.548. The van der Waals surface area contributed by atoms with Crippen molar-refractivity contribution in [3.8, 4) is 5.69 Å². The number of hydrogen-bond donors (Lipinski definition) is 1. The summed E-state index contributed by atoms with van der Waals surface area (Å²) in [6.45, 7) is 2.30. The molecular formula is C21H23ClN6O4S. The largest absolute Gasteiger partial charge is 0.369 e. The lowest BCUT2D eigenvalue weighted by atomic mass is 10.2. The molecule has 1 aliphatic rings. The van der Waals surface area contributed by atoms with Crippen LogP contribution in [0.4, 0.5) is 5.69 Å². The molecule has 174 valence electrons. The van der Waals surface area contributed by atoms with Crippen LogP contribution in [-0.2, 0) is 21.4 Å². The van der Waals surface area contributed by atoms with Gasteiger partial charge in [0.15, 0.2) is 0 Å². The Morgan fingerprint density at radius 3 is 2.55 bits per heavy atom. The number of aromatic nitrogens is 4. The van der Waals surface area contributed by atoms with Gasteiger partial charge >= 0.3 is 5.69 Å². The highest BCUT2D eigenvalue weighted by atomic mass is 35.5. The van der Waals surface area contributed by atoms with Gasteiger partial charge < -0.3 is 5.32 Å². The average Bonchev–Trinajstić information content (AvgIpc) is 3.15. The van der Waals surface area contributed by atoms with E-state index in [0.29, 0.717) is 35.1 Å². The Hall–Kier alpha value is -3.02. The molecule has 12 heteroatoms. The van der Waals surface area contributed by atoms with Crippen LogP contribution in [0.15, 0.2) is 52.2 Å². The Bertz CT molecular complexity index is 1340. The molecule has 0 spiro atoms. The first-order valence-electron chi connectivity index (χ1n) is 10.5. The van der Waals surface area contributed by atoms with Crippen molar-refractivity contribution in [3.63, 3.8) is 0 Å². The van der Waals surface area contributed by atoms with Crippen LogP contribution in [0.25, 0.3) is 5.69 Å². The molecule has 1 aromatic heterocycles. The number of carbonyl (C=O) groups excluding carboxylic acids is 1. The second-order valence-electron chi connectivity index (χ2n) is 7.78. The Morgan fingerprint density at radius 2 is 1.82 bits per heavy atom. The van der Waals surface area contributed by atoms with E-state index in [4.69, 9.17) is 11.6 Å². The molecule has 33 heavy (non-hydrogen) atoms. The highest BCUT2D eigenvalue weighted by Gasteiger charge is 2.27. The minimum absolute atomic E-state index is 0.157. The van der Waals surface area contributed by atoms with Gasteiger partial charge in [-0.3, -0.25) is 4.79 Å². The van der Waals surface area contributed by atoms with Crippen LogP contribution in [-0.4, -0.2) is 51.5 Å². The maximum Gasteiger partial charge on any atom is 0.369 e. The number of halogens is 1. The Labute approximate surface area is 195 Å². The van der Waals surface area contributed by atoms with Crippen molar-refractivity contribution in [1.29, 1.82) is 0 Å². The number of aryl methyl sites for hydroxylation is 1. The molecule has 2 aromatic carbocycles. The van der Waals surface area contributed by atoms with Crippen molar-refractivity contribution in [1.82, 2.24) is 24.1 Å². The molecule has 1 aliphatic heterocycles. The number of piperidine rings is 1. The van der Waals surface area contributed by atoms with Crippen molar-refractivity contribution in [2.24, 2.45) is 0 Å². The zero-order valence-corrected chi connectivity index (χ0v) is 19.5. The topological polar surface area (TPSA) is 119 Å². The highest BCUT2D eigenvalue weighted by molar-refractivity contribution is 7.89. The normalized spacial score (nSPS) is 14.8. The Balaban J connectivity index is 1.51. The molecule has 0 bridgehead atoms. The maximum absolute atomic E-state index is 13.1. The third kappa shape index (κ3) is 4.85. The average molecular weight is 491 g/mol. The molecule has 0 unspecified atom stereocenters. The van der Waals surface area contributed by atoms with E-state index in [0.717, 1.165) is 28.6 Å². The SMILES string of the molecule is Cc1ccc(NC(=O)Cn2nnn(-c3ccccc3Cl)c2=O)cc1S(=O)(=O)N1CCCCC1. The van der Waals surface area contributed by atoms with Gasteiger partial charge in [0.1, 0.15) is 6.54 Å². The number of carbonyl (C=O) groups is 1. The van der Waals surface area contributed by atoms with Crippen molar-refractivity contribution >= 4 is 33.2 Å². The summed E-state index contributed by atoms with van der Waals surface area (Å²) in [6, 6.07) is 11.3. The first-order chi connectivity index (χ1) is 15.8. The number of rotatable bonds is 6. The molecule has 1 N–H and O–H groups in total. The fraction of sp³-hybridized carbons (Fsp3) is 0.333. The molecule has 3 aromatic rings. The predicted molar refractivity (Wildman–Crippen MR) is 123 cm³/mol. The molecule has 4 rings (SSSR count). The molecule has 2 heterocycles. The van der Waals surface area contributed by atoms with E-state index in [9.17, 15) is 18.0 Å². The lowest BCUT2D eigenvalue weighted by Crippen LogP contribution is -2.36. The molecule has 1 saturated heterocycles. The lowest BCUT2D eigenvalue weighted by Gasteiger charge is -2.26. The second-order valence-corrected chi connectivity index (χ2v) is 10.1. The molecule has 10 nitrogen and oxygen atoms in total. The number of nitrogens with one attached hydrogen (secondary N) is 1. The molecule has 1 fully saturated rings. The van der Waals surface area contributed by atoms with E-state index >= 15 is 0 Å². The number of para-hydroxylation sites is 1. The molecular weight excluding hydrogens is 468 g/mol. The third-order valence-corrected chi connectivity index (χ3v) is 7.78. The van der Waals surface area contributed by atoms with E-state index in [1.165, 1.54) is 10.4 Å². The van der Waals surface area contributed by atoms with Crippen molar-refractivity contribution in [2.45, 2.75) is 37.6 Å². The number of benzene rings is 2. The zero-order valence-electron chi connectivity index (χ0n) is 17.9. The van der Waals surface area contributed by atoms with Gasteiger partial charge in [0.05, 0.1) is 15.6 Å². The van der Waals surface area contributed by atoms with E-state index in [1.807, 2.05) is 0 Å². The summed E-state index contributed by atoms with van der Waals surface area (Å²) in [4.78, 5) is 25.3. The first-order valence-corrected chi connectivity index (χ1v) is 12.3. The van der Waals surface area contributed by atoms with Crippen molar-refractivity contribution < 1.29 is 13.2 Å². The number of tetrazole rings is 1. The van der Waals surface area contributed by atoms with Gasteiger partial charge in [0, 0.05) is 18.8 Å². The van der Waals surface area contributed by atoms with Gasteiger partial charge in [-0.05, 0) is 60.0 Å². The highest BCUT2D eigenvalue weighted by Crippen LogP contribution is 2.26. The number of hydrogen-bond acceptors (Lipinski definition) is 6. The Morgan fingerprint density at radius 1 is 1.09 bits per heavy atom. The van der Waals surface area contributed by atoms with Gasteiger partial charge in [-0.25, -0.2) is 13.2 Å². The number of anilines is 1. The summed E-state index contributed by atoms with van der Waals surface area (Å²) in [6.07, 6.45) is 2.68. The van der Waals surface area contributed by atoms with E-state index in [1.54, 1.807) is 43.3 Å². The molecule has 1 amide bonds. The van der Waals surface area contributed by atoms with Gasteiger partial charge in [-0.15, -0.1) is 0 Å². The van der Waals surface area contributed by atoms with Gasteiger partial charge in [-0.1, -0.05) is 36.2 Å². The zero-order chi connectivity index (χ0) is 23.6. The molecule has 0 radical (unpaired) electrons. The predicted octanol–water partition coefficient (Wildman–Crippen LogP) is 2.20. The number of amides is 1. The quantitative estimate of drug-likeness (QED) is 0.565. The molecule has 0 atom stereocenters. The lowest BCUT2D eigenvalue weighted by molar-refractivity contribution is -0.117. The minimum atomic E-state index is -3.66. The van der Waals surface area contributed by atoms with Gasteiger partial charge in [-0.2, -0.15) is 13.7 Å². The van der Waals surface area contributed by atoms with Crippen LogP contribution in [0, 0.1) is 6.92 Å². The fourth-order valence-electron chi connectivity index (χ4n) is 3.68. The molecule has 0 aliphatic carbocycles. The van der Waals surface area contributed by atoms with Crippen LogP contribution in [0.5, 0.6) is 0 Å². The summed E-state index contributed by atoms with van der Waals surface area (Å²) in [7, 11) is -3.66. The van der Waals surface area contributed by atoms with Crippen molar-refractivity contribution in [2.75, 3.05) is 18.4 Å². The van der Waals surface area contributed by atoms with Gasteiger partial charge in [0.25, 0.3) is 0 Å². The second kappa shape index (κ2) is 9.46. The molecule has 0 saturated carbocycles. The monoisotopic (exact) mass is 490 g/mol. The summed E-state index contributed by atoms with van der Waals surface area (Å²) >= 11 is 6.10. The van der Waals surface area contributed by atoms with Gasteiger partial charge in [0.2, 0.25) is 15.9 Å².